The number of sulfone groups is 1. The second-order valence-electron chi connectivity index (χ2n) is 11.5. The third kappa shape index (κ3) is 7.48. The van der Waals surface area contributed by atoms with Gasteiger partial charge in [0, 0.05) is 31.2 Å². The van der Waals surface area contributed by atoms with E-state index in [-0.39, 0.29) is 57.9 Å². The molecular formula is C31H38ClN7O5S. The highest BCUT2D eigenvalue weighted by Crippen LogP contribution is 2.38. The number of benzene rings is 2. The molecule has 2 aliphatic rings. The van der Waals surface area contributed by atoms with Gasteiger partial charge in [-0.15, -0.1) is 0 Å². The van der Waals surface area contributed by atoms with Crippen LogP contribution in [0.2, 0.25) is 5.02 Å². The van der Waals surface area contributed by atoms with Crippen LogP contribution in [-0.4, -0.2) is 77.5 Å². The van der Waals surface area contributed by atoms with Gasteiger partial charge in [-0.3, -0.25) is 14.5 Å². The monoisotopic (exact) mass is 655 g/mol. The van der Waals surface area contributed by atoms with E-state index in [2.05, 4.69) is 20.6 Å². The Kier molecular flexibility index (Phi) is 9.80. The summed E-state index contributed by atoms with van der Waals surface area (Å²) in [6, 6.07) is 10.3. The third-order valence-corrected chi connectivity index (χ3v) is 9.96. The summed E-state index contributed by atoms with van der Waals surface area (Å²) in [5, 5.41) is 6.44. The molecule has 240 valence electrons. The van der Waals surface area contributed by atoms with E-state index in [1.165, 1.54) is 6.20 Å². The van der Waals surface area contributed by atoms with Crippen LogP contribution in [0.5, 0.6) is 5.75 Å². The van der Waals surface area contributed by atoms with Crippen molar-refractivity contribution >= 4 is 56.4 Å². The Hall–Kier alpha value is -3.94. The van der Waals surface area contributed by atoms with E-state index in [1.807, 2.05) is 36.6 Å². The normalized spacial score (nSPS) is 15.8. The lowest BCUT2D eigenvalue weighted by Gasteiger charge is -2.36. The van der Waals surface area contributed by atoms with Crippen molar-refractivity contribution in [2.45, 2.75) is 63.6 Å². The number of amides is 2. The molecule has 1 aromatic heterocycles. The molecule has 1 saturated heterocycles. The zero-order valence-corrected chi connectivity index (χ0v) is 27.1. The molecule has 0 aliphatic carbocycles. The smallest absolute Gasteiger partial charge is 0.254 e. The van der Waals surface area contributed by atoms with Crippen LogP contribution in [0.15, 0.2) is 47.5 Å². The first kappa shape index (κ1) is 32.5. The summed E-state index contributed by atoms with van der Waals surface area (Å²) in [5.74, 6) is 0.519. The van der Waals surface area contributed by atoms with Crippen molar-refractivity contribution in [1.29, 1.82) is 0 Å². The maximum Gasteiger partial charge on any atom is 0.254 e. The van der Waals surface area contributed by atoms with Crippen molar-refractivity contribution in [2.75, 3.05) is 36.0 Å². The number of nitrogens with one attached hydrogen (secondary N) is 2. The molecule has 14 heteroatoms. The van der Waals surface area contributed by atoms with Crippen LogP contribution in [-0.2, 0) is 21.2 Å². The van der Waals surface area contributed by atoms with Crippen molar-refractivity contribution in [1.82, 2.24) is 19.8 Å². The van der Waals surface area contributed by atoms with Crippen molar-refractivity contribution in [3.8, 4) is 5.75 Å². The third-order valence-electron chi connectivity index (χ3n) is 7.72. The minimum atomic E-state index is -3.52. The molecule has 45 heavy (non-hydrogen) atoms. The minimum absolute atomic E-state index is 0.0115. The summed E-state index contributed by atoms with van der Waals surface area (Å²) in [6.45, 7) is 7.72. The van der Waals surface area contributed by atoms with Gasteiger partial charge in [0.2, 0.25) is 11.9 Å². The van der Waals surface area contributed by atoms with Gasteiger partial charge < -0.3 is 26.0 Å². The number of fused-ring (bicyclic) bond motifs is 1. The molecule has 12 nitrogen and oxygen atoms in total. The lowest BCUT2D eigenvalue weighted by molar-refractivity contribution is -0.119. The highest BCUT2D eigenvalue weighted by molar-refractivity contribution is 7.91. The molecule has 1 fully saturated rings. The number of rotatable bonds is 12. The van der Waals surface area contributed by atoms with E-state index in [0.29, 0.717) is 48.7 Å². The first-order chi connectivity index (χ1) is 21.4. The maximum absolute atomic E-state index is 13.6. The molecule has 3 heterocycles. The molecule has 0 bridgehead atoms. The van der Waals surface area contributed by atoms with Crippen molar-refractivity contribution < 1.29 is 22.7 Å². The number of nitrogens with zero attached hydrogens (tertiary/aromatic N) is 4. The molecule has 0 unspecified atom stereocenters. The standard InChI is InChI=1S/C31H38ClN7O5S/c1-4-13-45(42,43)27-8-6-5-7-24(27)35-29-23(32)16-34-31(37-29)36-25-15-22-20(14-26(25)44-19(2)3)17-39(30(22)41)21-9-11-38(12-10-21)18-28(33)40/h5-8,14-16,19,21H,4,9-13,17-18H2,1-3H3,(H2,33,40)(H2,34,35,36,37). The first-order valence-corrected chi connectivity index (χ1v) is 17.0. The number of halogens is 1. The lowest BCUT2D eigenvalue weighted by Crippen LogP contribution is -2.47. The van der Waals surface area contributed by atoms with Crippen LogP contribution in [0, 0.1) is 0 Å². The van der Waals surface area contributed by atoms with Crippen molar-refractivity contribution in [3.05, 3.63) is 58.7 Å². The minimum Gasteiger partial charge on any atom is -0.489 e. The SMILES string of the molecule is CCCS(=O)(=O)c1ccccc1Nc1nc(Nc2cc3c(cc2OC(C)C)CN(C2CCN(CC(N)=O)CC2)C3=O)ncc1Cl. The van der Waals surface area contributed by atoms with Gasteiger partial charge in [0.15, 0.2) is 15.7 Å². The van der Waals surface area contributed by atoms with Gasteiger partial charge >= 0.3 is 0 Å². The predicted octanol–water partition coefficient (Wildman–Crippen LogP) is 4.49. The lowest BCUT2D eigenvalue weighted by atomic mass is 10.0. The zero-order chi connectivity index (χ0) is 32.3. The number of hydrogen-bond acceptors (Lipinski definition) is 10. The fraction of sp³-hybridized carbons (Fsp3) is 0.419. The van der Waals surface area contributed by atoms with Crippen LogP contribution in [0.25, 0.3) is 0 Å². The van der Waals surface area contributed by atoms with Gasteiger partial charge in [0.05, 0.1) is 40.9 Å². The van der Waals surface area contributed by atoms with E-state index in [4.69, 9.17) is 22.1 Å². The average Bonchev–Trinajstić information content (AvgIpc) is 3.29. The molecule has 0 saturated carbocycles. The molecule has 3 aromatic rings. The summed E-state index contributed by atoms with van der Waals surface area (Å²) >= 11 is 6.43. The Labute approximate surface area is 268 Å². The Morgan fingerprint density at radius 1 is 1.16 bits per heavy atom. The molecule has 5 rings (SSSR count). The van der Waals surface area contributed by atoms with Gasteiger partial charge in [0.25, 0.3) is 5.91 Å². The van der Waals surface area contributed by atoms with Gasteiger partial charge in [-0.05, 0) is 62.9 Å². The number of ether oxygens (including phenoxy) is 1. The number of carbonyl (C=O) groups is 2. The summed E-state index contributed by atoms with van der Waals surface area (Å²) in [7, 11) is -3.52. The maximum atomic E-state index is 13.6. The fourth-order valence-electron chi connectivity index (χ4n) is 5.70. The van der Waals surface area contributed by atoms with E-state index < -0.39 is 9.84 Å². The molecule has 0 radical (unpaired) electrons. The Bertz CT molecular complexity index is 1690. The Morgan fingerprint density at radius 3 is 2.58 bits per heavy atom. The van der Waals surface area contributed by atoms with Crippen LogP contribution >= 0.6 is 11.6 Å². The van der Waals surface area contributed by atoms with Crippen LogP contribution in [0.4, 0.5) is 23.1 Å². The van der Waals surface area contributed by atoms with Crippen molar-refractivity contribution in [3.63, 3.8) is 0 Å². The number of nitrogens with two attached hydrogens (primary N) is 1. The molecule has 0 spiro atoms. The fourth-order valence-corrected chi connectivity index (χ4v) is 7.33. The summed E-state index contributed by atoms with van der Waals surface area (Å²) < 4.78 is 31.9. The number of primary amides is 1. The highest BCUT2D eigenvalue weighted by Gasteiger charge is 2.36. The number of likely N-dealkylation sites (tertiary alicyclic amines) is 1. The van der Waals surface area contributed by atoms with E-state index in [0.717, 1.165) is 18.4 Å². The highest BCUT2D eigenvalue weighted by atomic mass is 35.5. The predicted molar refractivity (Wildman–Crippen MR) is 173 cm³/mol. The average molecular weight is 656 g/mol. The van der Waals surface area contributed by atoms with E-state index in [1.54, 1.807) is 30.3 Å². The topological polar surface area (TPSA) is 160 Å². The molecule has 2 aliphatic heterocycles. The van der Waals surface area contributed by atoms with Crippen LogP contribution in [0.3, 0.4) is 0 Å². The number of carbonyl (C=O) groups excluding carboxylic acids is 2. The first-order valence-electron chi connectivity index (χ1n) is 15.0. The molecule has 0 atom stereocenters. The number of piperidine rings is 1. The Balaban J connectivity index is 1.39. The Morgan fingerprint density at radius 2 is 1.89 bits per heavy atom. The summed E-state index contributed by atoms with van der Waals surface area (Å²) in [5.41, 5.74) is 7.65. The summed E-state index contributed by atoms with van der Waals surface area (Å²) in [4.78, 5) is 37.9. The van der Waals surface area contributed by atoms with Gasteiger partial charge in [-0.1, -0.05) is 30.7 Å². The quantitative estimate of drug-likeness (QED) is 0.254. The number of anilines is 4. The number of para-hydroxylation sites is 1. The number of aromatic nitrogens is 2. The molecular weight excluding hydrogens is 618 g/mol. The van der Waals surface area contributed by atoms with Gasteiger partial charge in [0.1, 0.15) is 10.8 Å². The second kappa shape index (κ2) is 13.6. The molecule has 2 amide bonds. The zero-order valence-electron chi connectivity index (χ0n) is 25.5. The van der Waals surface area contributed by atoms with E-state index >= 15 is 0 Å². The van der Waals surface area contributed by atoms with Gasteiger partial charge in [-0.25, -0.2) is 13.4 Å². The largest absolute Gasteiger partial charge is 0.489 e. The second-order valence-corrected chi connectivity index (χ2v) is 14.0. The van der Waals surface area contributed by atoms with Crippen molar-refractivity contribution in [2.24, 2.45) is 5.73 Å². The molecule has 2 aromatic carbocycles. The van der Waals surface area contributed by atoms with Gasteiger partial charge in [-0.2, -0.15) is 4.98 Å². The van der Waals surface area contributed by atoms with Crippen LogP contribution < -0.4 is 21.1 Å². The van der Waals surface area contributed by atoms with E-state index in [9.17, 15) is 18.0 Å². The summed E-state index contributed by atoms with van der Waals surface area (Å²) in [6.07, 6.45) is 3.26. The number of hydrogen-bond donors (Lipinski definition) is 3. The molecule has 4 N–H and O–H groups in total. The van der Waals surface area contributed by atoms with Crippen LogP contribution in [0.1, 0.15) is 56.0 Å².